The molecule has 142 valence electrons. The van der Waals surface area contributed by atoms with Crippen molar-refractivity contribution >= 4 is 32.5 Å². The summed E-state index contributed by atoms with van der Waals surface area (Å²) in [5.41, 5.74) is 0.775. The summed E-state index contributed by atoms with van der Waals surface area (Å²) < 4.78 is 29.0. The molecule has 9 heteroatoms. The molecule has 1 N–H and O–H groups in total. The number of pyridine rings is 1. The van der Waals surface area contributed by atoms with E-state index in [4.69, 9.17) is 0 Å². The average molecular weight is 396 g/mol. The third kappa shape index (κ3) is 3.90. The van der Waals surface area contributed by atoms with Crippen LogP contribution in [-0.4, -0.2) is 46.6 Å². The van der Waals surface area contributed by atoms with Crippen molar-refractivity contribution in [2.45, 2.75) is 39.7 Å². The SMILES string of the molecule is CCN(CC)S(=O)(=O)N1CCCC1c1cccc(Nc2ncc(C)s2)n1. The predicted molar refractivity (Wildman–Crippen MR) is 105 cm³/mol. The minimum atomic E-state index is -3.47. The molecule has 0 aliphatic carbocycles. The molecular weight excluding hydrogens is 370 g/mol. The van der Waals surface area contributed by atoms with Gasteiger partial charge in [0, 0.05) is 30.7 Å². The zero-order valence-corrected chi connectivity index (χ0v) is 17.0. The fourth-order valence-electron chi connectivity index (χ4n) is 3.24. The number of aryl methyl sites for hydroxylation is 1. The molecule has 0 bridgehead atoms. The Balaban J connectivity index is 1.84. The van der Waals surface area contributed by atoms with E-state index in [0.29, 0.717) is 25.5 Å². The second-order valence-corrected chi connectivity index (χ2v) is 9.33. The van der Waals surface area contributed by atoms with E-state index < -0.39 is 10.2 Å². The maximum absolute atomic E-state index is 13.0. The zero-order chi connectivity index (χ0) is 18.7. The quantitative estimate of drug-likeness (QED) is 0.778. The van der Waals surface area contributed by atoms with Gasteiger partial charge in [-0.1, -0.05) is 19.9 Å². The monoisotopic (exact) mass is 395 g/mol. The van der Waals surface area contributed by atoms with Gasteiger partial charge in [0.25, 0.3) is 10.2 Å². The molecule has 0 saturated carbocycles. The Hall–Kier alpha value is -1.55. The Morgan fingerprint density at radius 1 is 1.35 bits per heavy atom. The van der Waals surface area contributed by atoms with Crippen molar-refractivity contribution in [1.82, 2.24) is 18.6 Å². The van der Waals surface area contributed by atoms with Gasteiger partial charge in [0.05, 0.1) is 11.7 Å². The van der Waals surface area contributed by atoms with Crippen molar-refractivity contribution in [2.24, 2.45) is 0 Å². The van der Waals surface area contributed by atoms with Gasteiger partial charge in [-0.25, -0.2) is 9.97 Å². The minimum Gasteiger partial charge on any atom is -0.316 e. The van der Waals surface area contributed by atoms with Crippen LogP contribution in [0.25, 0.3) is 0 Å². The summed E-state index contributed by atoms with van der Waals surface area (Å²) >= 11 is 1.56. The van der Waals surface area contributed by atoms with Crippen LogP contribution in [0.5, 0.6) is 0 Å². The van der Waals surface area contributed by atoms with E-state index in [1.54, 1.807) is 15.6 Å². The molecule has 7 nitrogen and oxygen atoms in total. The number of hydrogen-bond acceptors (Lipinski definition) is 6. The molecule has 2 aromatic heterocycles. The summed E-state index contributed by atoms with van der Waals surface area (Å²) in [6, 6.07) is 5.46. The normalized spacial score (nSPS) is 18.5. The third-order valence-corrected chi connectivity index (χ3v) is 7.53. The highest BCUT2D eigenvalue weighted by molar-refractivity contribution is 7.86. The Kier molecular flexibility index (Phi) is 5.91. The Labute approximate surface area is 159 Å². The van der Waals surface area contributed by atoms with E-state index in [1.165, 1.54) is 4.31 Å². The number of thiazole rings is 1. The lowest BCUT2D eigenvalue weighted by Crippen LogP contribution is -2.43. The second kappa shape index (κ2) is 7.99. The van der Waals surface area contributed by atoms with Crippen LogP contribution in [0, 0.1) is 6.92 Å². The molecule has 1 aliphatic heterocycles. The van der Waals surface area contributed by atoms with Crippen molar-refractivity contribution in [2.75, 3.05) is 25.0 Å². The van der Waals surface area contributed by atoms with Crippen molar-refractivity contribution in [3.05, 3.63) is 35.0 Å². The molecule has 0 aromatic carbocycles. The molecular formula is C17H25N5O2S2. The highest BCUT2D eigenvalue weighted by atomic mass is 32.2. The van der Waals surface area contributed by atoms with E-state index in [1.807, 2.05) is 45.2 Å². The van der Waals surface area contributed by atoms with Crippen molar-refractivity contribution in [3.8, 4) is 0 Å². The van der Waals surface area contributed by atoms with Crippen LogP contribution < -0.4 is 5.32 Å². The third-order valence-electron chi connectivity index (χ3n) is 4.50. The number of nitrogens with one attached hydrogen (secondary N) is 1. The lowest BCUT2D eigenvalue weighted by Gasteiger charge is -2.29. The highest BCUT2D eigenvalue weighted by Gasteiger charge is 2.38. The van der Waals surface area contributed by atoms with Crippen LogP contribution in [0.2, 0.25) is 0 Å². The molecule has 0 spiro atoms. The summed E-state index contributed by atoms with van der Waals surface area (Å²) in [7, 11) is -3.47. The lowest BCUT2D eigenvalue weighted by atomic mass is 10.1. The smallest absolute Gasteiger partial charge is 0.282 e. The molecule has 1 atom stereocenters. The van der Waals surface area contributed by atoms with Crippen LogP contribution in [0.3, 0.4) is 0 Å². The minimum absolute atomic E-state index is 0.222. The van der Waals surface area contributed by atoms with E-state index in [9.17, 15) is 8.42 Å². The standard InChI is InChI=1S/C17H25N5O2S2/c1-4-21(5-2)26(23,24)22-11-7-9-15(22)14-8-6-10-16(19-14)20-17-18-12-13(3)25-17/h6,8,10,12,15H,4-5,7,9,11H2,1-3H3,(H,18,19,20). The molecule has 1 unspecified atom stereocenters. The summed E-state index contributed by atoms with van der Waals surface area (Å²) in [5.74, 6) is 0.684. The first-order valence-electron chi connectivity index (χ1n) is 8.89. The Bertz CT molecular complexity index is 848. The largest absolute Gasteiger partial charge is 0.316 e. The topological polar surface area (TPSA) is 78.4 Å². The van der Waals surface area contributed by atoms with E-state index in [2.05, 4.69) is 15.3 Å². The maximum Gasteiger partial charge on any atom is 0.282 e. The molecule has 3 heterocycles. The zero-order valence-electron chi connectivity index (χ0n) is 15.3. The van der Waals surface area contributed by atoms with Crippen LogP contribution >= 0.6 is 11.3 Å². The second-order valence-electron chi connectivity index (χ2n) is 6.21. The number of nitrogens with zero attached hydrogens (tertiary/aromatic N) is 4. The fraction of sp³-hybridized carbons (Fsp3) is 0.529. The molecule has 1 saturated heterocycles. The van der Waals surface area contributed by atoms with Crippen LogP contribution in [0.15, 0.2) is 24.4 Å². The molecule has 1 aliphatic rings. The lowest BCUT2D eigenvalue weighted by molar-refractivity contribution is 0.335. The number of rotatable bonds is 7. The van der Waals surface area contributed by atoms with Crippen LogP contribution in [0.4, 0.5) is 10.9 Å². The molecule has 0 radical (unpaired) electrons. The van der Waals surface area contributed by atoms with E-state index in [-0.39, 0.29) is 6.04 Å². The number of hydrogen-bond donors (Lipinski definition) is 1. The number of anilines is 2. The first-order chi connectivity index (χ1) is 12.5. The van der Waals surface area contributed by atoms with Gasteiger partial charge in [0.2, 0.25) is 0 Å². The number of aromatic nitrogens is 2. The first-order valence-corrected chi connectivity index (χ1v) is 11.1. The van der Waals surface area contributed by atoms with Gasteiger partial charge in [-0.3, -0.25) is 0 Å². The maximum atomic E-state index is 13.0. The summed E-state index contributed by atoms with van der Waals surface area (Å²) in [6.45, 7) is 7.21. The Morgan fingerprint density at radius 3 is 2.77 bits per heavy atom. The molecule has 0 amide bonds. The first kappa shape index (κ1) is 19.2. The van der Waals surface area contributed by atoms with Crippen LogP contribution in [0.1, 0.15) is 43.3 Å². The van der Waals surface area contributed by atoms with Gasteiger partial charge in [0.1, 0.15) is 5.82 Å². The van der Waals surface area contributed by atoms with E-state index >= 15 is 0 Å². The van der Waals surface area contributed by atoms with Gasteiger partial charge in [0.15, 0.2) is 5.13 Å². The molecule has 3 rings (SSSR count). The van der Waals surface area contributed by atoms with Crippen molar-refractivity contribution < 1.29 is 8.42 Å². The molecule has 2 aromatic rings. The van der Waals surface area contributed by atoms with E-state index in [0.717, 1.165) is 28.5 Å². The van der Waals surface area contributed by atoms with Gasteiger partial charge < -0.3 is 5.32 Å². The highest BCUT2D eigenvalue weighted by Crippen LogP contribution is 2.35. The predicted octanol–water partition coefficient (Wildman–Crippen LogP) is 3.31. The van der Waals surface area contributed by atoms with Gasteiger partial charge in [-0.15, -0.1) is 11.3 Å². The van der Waals surface area contributed by atoms with Crippen molar-refractivity contribution in [1.29, 1.82) is 0 Å². The van der Waals surface area contributed by atoms with Crippen molar-refractivity contribution in [3.63, 3.8) is 0 Å². The molecule has 26 heavy (non-hydrogen) atoms. The Morgan fingerprint density at radius 2 is 2.12 bits per heavy atom. The summed E-state index contributed by atoms with van der Waals surface area (Å²) in [6.07, 6.45) is 3.44. The fourth-order valence-corrected chi connectivity index (χ4v) is 5.75. The molecule has 1 fully saturated rings. The average Bonchev–Trinajstić information content (AvgIpc) is 3.25. The summed E-state index contributed by atoms with van der Waals surface area (Å²) in [5, 5.41) is 3.99. The van der Waals surface area contributed by atoms with Gasteiger partial charge in [-0.2, -0.15) is 17.0 Å². The van der Waals surface area contributed by atoms with Crippen LogP contribution in [-0.2, 0) is 10.2 Å². The summed E-state index contributed by atoms with van der Waals surface area (Å²) in [4.78, 5) is 10.1. The van der Waals surface area contributed by atoms with Gasteiger partial charge in [-0.05, 0) is 31.9 Å². The van der Waals surface area contributed by atoms with Gasteiger partial charge >= 0.3 is 0 Å².